The Morgan fingerprint density at radius 2 is 1.45 bits per heavy atom. The zero-order valence-corrected chi connectivity index (χ0v) is 11.0. The summed E-state index contributed by atoms with van der Waals surface area (Å²) in [6.07, 6.45) is 0.789. The van der Waals surface area contributed by atoms with Crippen LogP contribution in [0.15, 0.2) is 42.5 Å². The molecule has 2 aromatic rings. The Bertz CT molecular complexity index is 546. The van der Waals surface area contributed by atoms with Gasteiger partial charge in [0.15, 0.2) is 0 Å². The van der Waals surface area contributed by atoms with E-state index in [1.165, 1.54) is 30.3 Å². The van der Waals surface area contributed by atoms with Crippen molar-refractivity contribution < 1.29 is 13.2 Å². The molecule has 20 heavy (non-hydrogen) atoms. The molecule has 0 aliphatic heterocycles. The van der Waals surface area contributed by atoms with Crippen LogP contribution < -0.4 is 5.73 Å². The Morgan fingerprint density at radius 1 is 0.850 bits per heavy atom. The molecule has 0 aliphatic rings. The van der Waals surface area contributed by atoms with E-state index in [1.54, 1.807) is 12.1 Å². The predicted octanol–water partition coefficient (Wildman–Crippen LogP) is 3.46. The molecule has 4 heteroatoms. The lowest BCUT2D eigenvalue weighted by Crippen LogP contribution is -2.20. The van der Waals surface area contributed by atoms with E-state index < -0.39 is 11.6 Å². The number of hydrogen-bond donors (Lipinski definition) is 1. The molecule has 0 spiro atoms. The summed E-state index contributed by atoms with van der Waals surface area (Å²) >= 11 is 0. The van der Waals surface area contributed by atoms with Gasteiger partial charge in [-0.05, 0) is 55.1 Å². The molecule has 1 nitrogen and oxygen atoms in total. The fraction of sp³-hybridized carbons (Fsp3) is 0.250. The fourth-order valence-corrected chi connectivity index (χ4v) is 2.21. The second kappa shape index (κ2) is 6.57. The maximum absolute atomic E-state index is 13.6. The van der Waals surface area contributed by atoms with Gasteiger partial charge in [-0.25, -0.2) is 13.2 Å². The third-order valence-corrected chi connectivity index (χ3v) is 3.33. The Balaban J connectivity index is 2.11. The largest absolute Gasteiger partial charge is 0.330 e. The molecule has 0 aliphatic carbocycles. The lowest BCUT2D eigenvalue weighted by Gasteiger charge is -2.16. The second-order valence-electron chi connectivity index (χ2n) is 4.84. The van der Waals surface area contributed by atoms with E-state index in [0.717, 1.165) is 5.56 Å². The molecule has 0 amide bonds. The van der Waals surface area contributed by atoms with Gasteiger partial charge in [-0.1, -0.05) is 18.2 Å². The smallest absolute Gasteiger partial charge is 0.129 e. The van der Waals surface area contributed by atoms with Crippen molar-refractivity contribution in [3.8, 4) is 0 Å². The van der Waals surface area contributed by atoms with Crippen LogP contribution in [0.4, 0.5) is 13.2 Å². The summed E-state index contributed by atoms with van der Waals surface area (Å²) in [6.45, 7) is 0.311. The lowest BCUT2D eigenvalue weighted by molar-refractivity contribution is 0.485. The van der Waals surface area contributed by atoms with Crippen LogP contribution >= 0.6 is 0 Å². The molecule has 1 atom stereocenters. The van der Waals surface area contributed by atoms with Gasteiger partial charge in [-0.15, -0.1) is 0 Å². The van der Waals surface area contributed by atoms with Crippen LogP contribution in [0.25, 0.3) is 0 Å². The van der Waals surface area contributed by atoms with Crippen molar-refractivity contribution in [1.29, 1.82) is 0 Å². The summed E-state index contributed by atoms with van der Waals surface area (Å²) in [5, 5.41) is 0. The average molecular weight is 279 g/mol. The quantitative estimate of drug-likeness (QED) is 0.891. The third-order valence-electron chi connectivity index (χ3n) is 3.33. The van der Waals surface area contributed by atoms with E-state index >= 15 is 0 Å². The maximum atomic E-state index is 13.6. The molecular formula is C16H16F3N. The van der Waals surface area contributed by atoms with Crippen LogP contribution in [0.3, 0.4) is 0 Å². The van der Waals surface area contributed by atoms with Gasteiger partial charge < -0.3 is 5.73 Å². The van der Waals surface area contributed by atoms with Gasteiger partial charge in [0.2, 0.25) is 0 Å². The first kappa shape index (κ1) is 14.6. The first-order valence-corrected chi connectivity index (χ1v) is 6.47. The van der Waals surface area contributed by atoms with E-state index in [-0.39, 0.29) is 23.7 Å². The normalized spacial score (nSPS) is 12.4. The van der Waals surface area contributed by atoms with Gasteiger partial charge in [0.1, 0.15) is 17.5 Å². The highest BCUT2D eigenvalue weighted by Crippen LogP contribution is 2.19. The number of hydrogen-bond acceptors (Lipinski definition) is 1. The molecule has 0 radical (unpaired) electrons. The lowest BCUT2D eigenvalue weighted by atomic mass is 9.92. The summed E-state index contributed by atoms with van der Waals surface area (Å²) in [5.74, 6) is -1.50. The van der Waals surface area contributed by atoms with E-state index in [4.69, 9.17) is 5.73 Å². The molecule has 2 N–H and O–H groups in total. The van der Waals surface area contributed by atoms with Crippen LogP contribution in [0.1, 0.15) is 11.1 Å². The number of nitrogens with two attached hydrogens (primary N) is 1. The fourth-order valence-electron chi connectivity index (χ4n) is 2.21. The summed E-state index contributed by atoms with van der Waals surface area (Å²) < 4.78 is 40.1. The minimum Gasteiger partial charge on any atom is -0.330 e. The summed E-state index contributed by atoms with van der Waals surface area (Å²) in [5.41, 5.74) is 6.64. The molecule has 1 unspecified atom stereocenters. The van der Waals surface area contributed by atoms with E-state index in [0.29, 0.717) is 13.0 Å². The molecule has 2 aromatic carbocycles. The Hall–Kier alpha value is -1.81. The summed E-state index contributed by atoms with van der Waals surface area (Å²) in [4.78, 5) is 0. The highest BCUT2D eigenvalue weighted by Gasteiger charge is 2.15. The zero-order valence-electron chi connectivity index (χ0n) is 11.0. The number of halogens is 3. The van der Waals surface area contributed by atoms with Crippen LogP contribution in [-0.2, 0) is 12.8 Å². The van der Waals surface area contributed by atoms with Crippen molar-refractivity contribution in [2.75, 3.05) is 6.54 Å². The van der Waals surface area contributed by atoms with Crippen molar-refractivity contribution in [3.63, 3.8) is 0 Å². The minimum atomic E-state index is -0.553. The molecule has 0 bridgehead atoms. The molecule has 2 rings (SSSR count). The highest BCUT2D eigenvalue weighted by molar-refractivity contribution is 5.22. The van der Waals surface area contributed by atoms with Crippen molar-refractivity contribution in [1.82, 2.24) is 0 Å². The Kier molecular flexibility index (Phi) is 4.79. The predicted molar refractivity (Wildman–Crippen MR) is 72.7 cm³/mol. The van der Waals surface area contributed by atoms with Gasteiger partial charge >= 0.3 is 0 Å². The van der Waals surface area contributed by atoms with Gasteiger partial charge in [0.05, 0.1) is 0 Å². The van der Waals surface area contributed by atoms with E-state index in [1.807, 2.05) is 0 Å². The van der Waals surface area contributed by atoms with Crippen LogP contribution in [0, 0.1) is 23.4 Å². The maximum Gasteiger partial charge on any atom is 0.129 e. The topological polar surface area (TPSA) is 26.0 Å². The van der Waals surface area contributed by atoms with E-state index in [9.17, 15) is 13.2 Å². The van der Waals surface area contributed by atoms with Gasteiger partial charge in [0, 0.05) is 5.56 Å². The molecule has 106 valence electrons. The molecule has 0 fully saturated rings. The Labute approximate surface area is 116 Å². The van der Waals surface area contributed by atoms with Gasteiger partial charge in [0.25, 0.3) is 0 Å². The third kappa shape index (κ3) is 3.61. The van der Waals surface area contributed by atoms with Crippen molar-refractivity contribution in [2.24, 2.45) is 11.7 Å². The van der Waals surface area contributed by atoms with Crippen LogP contribution in [0.2, 0.25) is 0 Å². The second-order valence-corrected chi connectivity index (χ2v) is 4.84. The summed E-state index contributed by atoms with van der Waals surface area (Å²) in [7, 11) is 0. The molecule has 0 aromatic heterocycles. The molecular weight excluding hydrogens is 263 g/mol. The molecule has 0 saturated carbocycles. The van der Waals surface area contributed by atoms with E-state index in [2.05, 4.69) is 0 Å². The number of rotatable bonds is 5. The first-order valence-electron chi connectivity index (χ1n) is 6.47. The monoisotopic (exact) mass is 279 g/mol. The molecule has 0 heterocycles. The van der Waals surface area contributed by atoms with Crippen molar-refractivity contribution >= 4 is 0 Å². The van der Waals surface area contributed by atoms with Crippen molar-refractivity contribution in [2.45, 2.75) is 12.8 Å². The van der Waals surface area contributed by atoms with Crippen molar-refractivity contribution in [3.05, 3.63) is 71.0 Å². The minimum absolute atomic E-state index is 0.0602. The standard InChI is InChI=1S/C16H16F3N/c17-13-6-4-11(5-7-13)8-12(10-20)9-14-15(18)2-1-3-16(14)19/h1-7,12H,8-10,20H2. The SMILES string of the molecule is NCC(Cc1ccc(F)cc1)Cc1c(F)cccc1F. The summed E-state index contributed by atoms with van der Waals surface area (Å²) in [6, 6.07) is 9.88. The van der Waals surface area contributed by atoms with Gasteiger partial charge in [-0.3, -0.25) is 0 Å². The van der Waals surface area contributed by atoms with Gasteiger partial charge in [-0.2, -0.15) is 0 Å². The average Bonchev–Trinajstić information content (AvgIpc) is 2.44. The van der Waals surface area contributed by atoms with Crippen LogP contribution in [0.5, 0.6) is 0 Å². The highest BCUT2D eigenvalue weighted by atomic mass is 19.1. The Morgan fingerprint density at radius 3 is 2.00 bits per heavy atom. The van der Waals surface area contributed by atoms with Crippen LogP contribution in [-0.4, -0.2) is 6.54 Å². The zero-order chi connectivity index (χ0) is 14.5. The molecule has 0 saturated heterocycles. The first-order chi connectivity index (χ1) is 9.60. The number of benzene rings is 2.